The maximum absolute atomic E-state index is 13.5. The van der Waals surface area contributed by atoms with Crippen molar-refractivity contribution in [3.63, 3.8) is 0 Å². The van der Waals surface area contributed by atoms with Gasteiger partial charge in [0, 0.05) is 41.0 Å². The van der Waals surface area contributed by atoms with Crippen LogP contribution in [0.3, 0.4) is 0 Å². The molecule has 1 N–H and O–H groups in total. The summed E-state index contributed by atoms with van der Waals surface area (Å²) in [5.41, 5.74) is 7.23. The molecule has 2 aromatic heterocycles. The third kappa shape index (κ3) is 7.79. The standard InChI is InChI=1S/C33H39N3O5S2/c1-4-5-30(37)40-20-41-33(39)31-26(25-14-15-36(3)17-27(25)22-8-6-21(2)7-9-22)16-29(43-31)23-10-12-24(13-11-23)35-32(38)28-18-42-19-34-28/h10-13,16,18-19,21-22H,4-9,14-15,17,20H2,1-3H3,(H,35,38). The topological polar surface area (TPSA) is 97.8 Å². The van der Waals surface area contributed by atoms with E-state index in [2.05, 4.69) is 35.2 Å². The van der Waals surface area contributed by atoms with E-state index in [1.54, 1.807) is 10.9 Å². The Kier molecular flexibility index (Phi) is 10.4. The van der Waals surface area contributed by atoms with Crippen LogP contribution < -0.4 is 5.32 Å². The van der Waals surface area contributed by atoms with E-state index in [9.17, 15) is 14.4 Å². The molecule has 3 heterocycles. The Hall–Kier alpha value is -3.34. The van der Waals surface area contributed by atoms with Crippen molar-refractivity contribution in [3.8, 4) is 10.4 Å². The van der Waals surface area contributed by atoms with Gasteiger partial charge in [-0.2, -0.15) is 0 Å². The predicted octanol–water partition coefficient (Wildman–Crippen LogP) is 7.50. The Morgan fingerprint density at radius 2 is 1.86 bits per heavy atom. The first-order chi connectivity index (χ1) is 20.8. The van der Waals surface area contributed by atoms with Gasteiger partial charge in [0.05, 0.1) is 5.51 Å². The second-order valence-corrected chi connectivity index (χ2v) is 13.3. The summed E-state index contributed by atoms with van der Waals surface area (Å²) >= 11 is 2.77. The van der Waals surface area contributed by atoms with Gasteiger partial charge >= 0.3 is 11.9 Å². The number of nitrogens with one attached hydrogen (secondary N) is 1. The lowest BCUT2D eigenvalue weighted by atomic mass is 9.75. The summed E-state index contributed by atoms with van der Waals surface area (Å²) < 4.78 is 10.6. The van der Waals surface area contributed by atoms with Gasteiger partial charge in [0.25, 0.3) is 5.91 Å². The zero-order valence-electron chi connectivity index (χ0n) is 25.0. The Morgan fingerprint density at radius 3 is 2.56 bits per heavy atom. The van der Waals surface area contributed by atoms with Crippen molar-refractivity contribution in [1.82, 2.24) is 9.88 Å². The summed E-state index contributed by atoms with van der Waals surface area (Å²) in [5, 5.41) is 4.59. The minimum atomic E-state index is -0.481. The molecule has 1 fully saturated rings. The highest BCUT2D eigenvalue weighted by Crippen LogP contribution is 2.43. The van der Waals surface area contributed by atoms with Crippen LogP contribution in [0.4, 0.5) is 5.69 Å². The average Bonchev–Trinajstić information content (AvgIpc) is 3.70. The molecular formula is C33H39N3O5S2. The third-order valence-corrected chi connectivity index (χ3v) is 10.0. The van der Waals surface area contributed by atoms with Crippen molar-refractivity contribution in [2.75, 3.05) is 32.2 Å². The molecule has 43 heavy (non-hydrogen) atoms. The molecule has 3 aromatic rings. The van der Waals surface area contributed by atoms with E-state index in [0.717, 1.165) is 41.4 Å². The second-order valence-electron chi connectivity index (χ2n) is 11.5. The quantitative estimate of drug-likeness (QED) is 0.185. The molecule has 1 amide bonds. The molecule has 0 atom stereocenters. The van der Waals surface area contributed by atoms with Gasteiger partial charge in [0.2, 0.25) is 6.79 Å². The maximum atomic E-state index is 13.5. The van der Waals surface area contributed by atoms with Crippen molar-refractivity contribution >= 4 is 51.8 Å². The number of rotatable bonds is 10. The van der Waals surface area contributed by atoms with Gasteiger partial charge in [-0.1, -0.05) is 38.8 Å². The van der Waals surface area contributed by atoms with E-state index in [4.69, 9.17) is 9.47 Å². The molecule has 1 saturated carbocycles. The highest BCUT2D eigenvalue weighted by atomic mass is 32.1. The molecule has 1 aliphatic carbocycles. The summed E-state index contributed by atoms with van der Waals surface area (Å²) in [6.45, 7) is 5.65. The number of amides is 1. The number of likely N-dealkylation sites (N-methyl/N-ethyl adjacent to an activating group) is 1. The van der Waals surface area contributed by atoms with Gasteiger partial charge < -0.3 is 19.7 Å². The molecule has 2 aliphatic rings. The van der Waals surface area contributed by atoms with Gasteiger partial charge in [0.1, 0.15) is 10.6 Å². The molecule has 228 valence electrons. The van der Waals surface area contributed by atoms with Crippen LogP contribution >= 0.6 is 22.7 Å². The molecule has 0 radical (unpaired) electrons. The third-order valence-electron chi connectivity index (χ3n) is 8.28. The normalized spacial score (nSPS) is 19.2. The summed E-state index contributed by atoms with van der Waals surface area (Å²) in [7, 11) is 2.16. The number of ether oxygens (including phenoxy) is 2. The van der Waals surface area contributed by atoms with E-state index in [1.807, 2.05) is 31.2 Å². The second kappa shape index (κ2) is 14.4. The highest BCUT2D eigenvalue weighted by Gasteiger charge is 2.31. The van der Waals surface area contributed by atoms with E-state index in [1.165, 1.54) is 59.5 Å². The molecule has 0 spiro atoms. The molecule has 0 bridgehead atoms. The molecule has 10 heteroatoms. The predicted molar refractivity (Wildman–Crippen MR) is 171 cm³/mol. The van der Waals surface area contributed by atoms with Crippen molar-refractivity contribution < 1.29 is 23.9 Å². The average molecular weight is 622 g/mol. The first-order valence-corrected chi connectivity index (χ1v) is 16.8. The molecule has 8 nitrogen and oxygen atoms in total. The summed E-state index contributed by atoms with van der Waals surface area (Å²) in [5.74, 6) is 0.152. The SMILES string of the molecule is CCCC(=O)OCOC(=O)c1sc(-c2ccc(NC(=O)c3cscn3)cc2)cc1C1=C(C2CCC(C)CC2)CN(C)CC1. The lowest BCUT2D eigenvalue weighted by Crippen LogP contribution is -2.31. The van der Waals surface area contributed by atoms with E-state index < -0.39 is 12.8 Å². The number of carbonyl (C=O) groups excluding carboxylic acids is 3. The van der Waals surface area contributed by atoms with Crippen LogP contribution in [-0.4, -0.2) is 54.7 Å². The molecule has 0 saturated heterocycles. The number of hydrogen-bond acceptors (Lipinski definition) is 9. The lowest BCUT2D eigenvalue weighted by Gasteiger charge is -2.35. The highest BCUT2D eigenvalue weighted by molar-refractivity contribution is 7.17. The number of thiophene rings is 1. The number of esters is 2. The van der Waals surface area contributed by atoms with Crippen molar-refractivity contribution in [1.29, 1.82) is 0 Å². The number of benzene rings is 1. The fourth-order valence-electron chi connectivity index (χ4n) is 5.86. The van der Waals surface area contributed by atoms with E-state index in [0.29, 0.717) is 28.6 Å². The zero-order valence-corrected chi connectivity index (χ0v) is 26.7. The largest absolute Gasteiger partial charge is 0.428 e. The fourth-order valence-corrected chi connectivity index (χ4v) is 7.47. The molecule has 0 unspecified atom stereocenters. The number of thiazole rings is 1. The Morgan fingerprint density at radius 1 is 1.09 bits per heavy atom. The minimum absolute atomic E-state index is 0.254. The van der Waals surface area contributed by atoms with Crippen LogP contribution in [0.2, 0.25) is 0 Å². The number of hydrogen-bond donors (Lipinski definition) is 1. The smallest absolute Gasteiger partial charge is 0.351 e. The van der Waals surface area contributed by atoms with Gasteiger partial charge in [-0.05, 0) is 79.5 Å². The van der Waals surface area contributed by atoms with Crippen molar-refractivity contribution in [2.45, 2.75) is 58.8 Å². The van der Waals surface area contributed by atoms with Crippen LogP contribution in [0.5, 0.6) is 0 Å². The summed E-state index contributed by atoms with van der Waals surface area (Å²) in [4.78, 5) is 45.7. The number of nitrogens with zero attached hydrogens (tertiary/aromatic N) is 2. The van der Waals surface area contributed by atoms with Crippen LogP contribution in [0, 0.1) is 11.8 Å². The fraction of sp³-hybridized carbons (Fsp3) is 0.455. The van der Waals surface area contributed by atoms with Crippen LogP contribution in [0.25, 0.3) is 16.0 Å². The molecule has 1 aliphatic heterocycles. The summed E-state index contributed by atoms with van der Waals surface area (Å²) in [6, 6.07) is 9.71. The Balaban J connectivity index is 1.45. The number of carbonyl (C=O) groups is 3. The number of anilines is 1. The van der Waals surface area contributed by atoms with Gasteiger partial charge in [-0.15, -0.1) is 22.7 Å². The maximum Gasteiger partial charge on any atom is 0.351 e. The van der Waals surface area contributed by atoms with Gasteiger partial charge in [-0.3, -0.25) is 9.59 Å². The minimum Gasteiger partial charge on any atom is -0.428 e. The van der Waals surface area contributed by atoms with Gasteiger partial charge in [0.15, 0.2) is 0 Å². The monoisotopic (exact) mass is 621 g/mol. The molecular weight excluding hydrogens is 583 g/mol. The van der Waals surface area contributed by atoms with E-state index >= 15 is 0 Å². The zero-order chi connectivity index (χ0) is 30.3. The van der Waals surface area contributed by atoms with Crippen LogP contribution in [0.15, 0.2) is 46.8 Å². The summed E-state index contributed by atoms with van der Waals surface area (Å²) in [6.07, 6.45) is 6.62. The Bertz CT molecular complexity index is 1450. The molecule has 1 aromatic carbocycles. The molecule has 5 rings (SSSR count). The number of aromatic nitrogens is 1. The lowest BCUT2D eigenvalue weighted by molar-refractivity contribution is -0.152. The Labute approximate surface area is 261 Å². The van der Waals surface area contributed by atoms with E-state index in [-0.39, 0.29) is 18.3 Å². The first-order valence-electron chi connectivity index (χ1n) is 15.0. The van der Waals surface area contributed by atoms with Crippen molar-refractivity contribution in [3.05, 3.63) is 62.9 Å². The van der Waals surface area contributed by atoms with Crippen LogP contribution in [-0.2, 0) is 14.3 Å². The first kappa shape index (κ1) is 31.1. The van der Waals surface area contributed by atoms with Gasteiger partial charge in [-0.25, -0.2) is 9.78 Å². The van der Waals surface area contributed by atoms with Crippen LogP contribution in [0.1, 0.15) is 84.5 Å². The van der Waals surface area contributed by atoms with Crippen molar-refractivity contribution in [2.24, 2.45) is 11.8 Å².